The van der Waals surface area contributed by atoms with Crippen LogP contribution in [0.1, 0.15) is 85.0 Å². The highest BCUT2D eigenvalue weighted by molar-refractivity contribution is 5.79. The van der Waals surface area contributed by atoms with Crippen LogP contribution in [0.4, 0.5) is 0 Å². The van der Waals surface area contributed by atoms with E-state index in [1.54, 1.807) is 6.92 Å². The van der Waals surface area contributed by atoms with Gasteiger partial charge >= 0.3 is 5.97 Å². The van der Waals surface area contributed by atoms with Crippen LogP contribution >= 0.6 is 0 Å². The third-order valence-electron chi connectivity index (χ3n) is 9.57. The Labute approximate surface area is 169 Å². The van der Waals surface area contributed by atoms with Gasteiger partial charge in [0.05, 0.1) is 6.07 Å². The number of hydrogen-bond acceptors (Lipinski definition) is 4. The Morgan fingerprint density at radius 2 is 1.82 bits per heavy atom. The summed E-state index contributed by atoms with van der Waals surface area (Å²) < 4.78 is 5.57. The molecule has 4 aliphatic carbocycles. The SMILES string of the molecule is CC(=O)O[C@H]1CC[C@@]2(C)C(CCC3C2CC[C@@]2(CC#N)C3CC[C@@H]2C(C)=O)C1. The Morgan fingerprint density at radius 3 is 2.50 bits per heavy atom. The van der Waals surface area contributed by atoms with Crippen molar-refractivity contribution in [2.24, 2.45) is 40.4 Å². The highest BCUT2D eigenvalue weighted by Crippen LogP contribution is 2.68. The van der Waals surface area contributed by atoms with Crippen molar-refractivity contribution in [3.63, 3.8) is 0 Å². The molecule has 4 nitrogen and oxygen atoms in total. The van der Waals surface area contributed by atoms with Crippen LogP contribution in [0.3, 0.4) is 0 Å². The molecule has 154 valence electrons. The predicted molar refractivity (Wildman–Crippen MR) is 106 cm³/mol. The Morgan fingerprint density at radius 1 is 1.04 bits per heavy atom. The van der Waals surface area contributed by atoms with Gasteiger partial charge in [-0.15, -0.1) is 0 Å². The summed E-state index contributed by atoms with van der Waals surface area (Å²) in [6.07, 6.45) is 10.6. The van der Waals surface area contributed by atoms with Gasteiger partial charge in [0, 0.05) is 19.3 Å². The highest BCUT2D eigenvalue weighted by Gasteiger charge is 2.62. The molecule has 4 saturated carbocycles. The maximum Gasteiger partial charge on any atom is 0.302 e. The van der Waals surface area contributed by atoms with Crippen molar-refractivity contribution in [1.82, 2.24) is 0 Å². The van der Waals surface area contributed by atoms with E-state index in [9.17, 15) is 14.9 Å². The average molecular weight is 386 g/mol. The standard InChI is InChI=1S/C24H35NO3/c1-15(26)20-6-7-22-19-5-4-17-14-18(28-16(2)27)8-10-23(17,3)21(19)9-11-24(20,22)12-13-25/h17-22H,4-12,14H2,1-3H3/t17?,18-,19?,20+,21?,22?,23-,24-/m0/s1. The summed E-state index contributed by atoms with van der Waals surface area (Å²) in [6, 6.07) is 2.47. The van der Waals surface area contributed by atoms with Crippen LogP contribution in [0.2, 0.25) is 0 Å². The van der Waals surface area contributed by atoms with Gasteiger partial charge in [0.1, 0.15) is 11.9 Å². The molecular formula is C24H35NO3. The number of fused-ring (bicyclic) bond motifs is 5. The summed E-state index contributed by atoms with van der Waals surface area (Å²) in [5.74, 6) is 2.80. The smallest absolute Gasteiger partial charge is 0.302 e. The van der Waals surface area contributed by atoms with E-state index in [0.29, 0.717) is 41.3 Å². The van der Waals surface area contributed by atoms with Crippen molar-refractivity contribution in [2.45, 2.75) is 91.1 Å². The number of nitrogens with zero attached hydrogens (tertiary/aromatic N) is 1. The van der Waals surface area contributed by atoms with Crippen LogP contribution in [-0.4, -0.2) is 17.9 Å². The minimum absolute atomic E-state index is 0.0557. The predicted octanol–water partition coefficient (Wildman–Crippen LogP) is 5.06. The molecule has 0 aromatic rings. The minimum Gasteiger partial charge on any atom is -0.463 e. The number of rotatable bonds is 3. The topological polar surface area (TPSA) is 67.2 Å². The molecule has 8 atom stereocenters. The summed E-state index contributed by atoms with van der Waals surface area (Å²) in [6.45, 7) is 5.76. The second kappa shape index (κ2) is 7.15. The molecule has 4 unspecified atom stereocenters. The lowest BCUT2D eigenvalue weighted by atomic mass is 9.44. The van der Waals surface area contributed by atoms with Gasteiger partial charge in [-0.2, -0.15) is 5.26 Å². The molecule has 28 heavy (non-hydrogen) atoms. The Balaban J connectivity index is 1.57. The number of nitriles is 1. The lowest BCUT2D eigenvalue weighted by molar-refractivity contribution is -0.161. The van der Waals surface area contributed by atoms with Crippen molar-refractivity contribution >= 4 is 11.8 Å². The zero-order valence-electron chi connectivity index (χ0n) is 17.7. The molecule has 4 aliphatic rings. The van der Waals surface area contributed by atoms with E-state index in [-0.39, 0.29) is 23.4 Å². The zero-order valence-corrected chi connectivity index (χ0v) is 17.7. The van der Waals surface area contributed by atoms with E-state index in [0.717, 1.165) is 44.9 Å². The molecule has 4 fully saturated rings. The number of carbonyl (C=O) groups is 2. The molecule has 0 radical (unpaired) electrons. The number of ether oxygens (including phenoxy) is 1. The third kappa shape index (κ3) is 2.92. The van der Waals surface area contributed by atoms with Crippen molar-refractivity contribution in [1.29, 1.82) is 5.26 Å². The zero-order chi connectivity index (χ0) is 20.1. The molecule has 0 heterocycles. The lowest BCUT2D eigenvalue weighted by Gasteiger charge is -2.61. The number of esters is 1. The van der Waals surface area contributed by atoms with E-state index in [1.807, 2.05) is 0 Å². The van der Waals surface area contributed by atoms with Crippen molar-refractivity contribution in [3.05, 3.63) is 0 Å². The number of hydrogen-bond donors (Lipinski definition) is 0. The molecule has 0 aromatic carbocycles. The molecule has 0 aromatic heterocycles. The van der Waals surface area contributed by atoms with Gasteiger partial charge in [-0.3, -0.25) is 9.59 Å². The van der Waals surface area contributed by atoms with Gasteiger partial charge in [-0.1, -0.05) is 6.92 Å². The van der Waals surface area contributed by atoms with Crippen LogP contribution in [0.5, 0.6) is 0 Å². The van der Waals surface area contributed by atoms with Crippen LogP contribution < -0.4 is 0 Å². The lowest BCUT2D eigenvalue weighted by Crippen LogP contribution is -2.55. The van der Waals surface area contributed by atoms with Gasteiger partial charge in [0.25, 0.3) is 0 Å². The normalized spacial score (nSPS) is 47.2. The van der Waals surface area contributed by atoms with E-state index in [2.05, 4.69) is 13.0 Å². The summed E-state index contributed by atoms with van der Waals surface area (Å²) in [7, 11) is 0. The monoisotopic (exact) mass is 385 g/mol. The Kier molecular flexibility index (Phi) is 5.09. The summed E-state index contributed by atoms with van der Waals surface area (Å²) in [5.41, 5.74) is 0.270. The first kappa shape index (κ1) is 19.9. The minimum atomic E-state index is -0.150. The third-order valence-corrected chi connectivity index (χ3v) is 9.57. The van der Waals surface area contributed by atoms with Gasteiger partial charge in [0.2, 0.25) is 0 Å². The number of carbonyl (C=O) groups excluding carboxylic acids is 2. The molecule has 0 N–H and O–H groups in total. The second-order valence-corrected chi connectivity index (χ2v) is 10.5. The molecule has 4 heteroatoms. The van der Waals surface area contributed by atoms with Crippen molar-refractivity contribution < 1.29 is 14.3 Å². The molecule has 0 amide bonds. The molecule has 0 aliphatic heterocycles. The van der Waals surface area contributed by atoms with Gasteiger partial charge in [0.15, 0.2) is 0 Å². The first-order chi connectivity index (χ1) is 13.3. The fourth-order valence-electron chi connectivity index (χ4n) is 8.47. The van der Waals surface area contributed by atoms with E-state index in [4.69, 9.17) is 4.74 Å². The summed E-state index contributed by atoms with van der Waals surface area (Å²) in [4.78, 5) is 23.8. The molecular weight excluding hydrogens is 350 g/mol. The first-order valence-corrected chi connectivity index (χ1v) is 11.4. The molecule has 0 spiro atoms. The second-order valence-electron chi connectivity index (χ2n) is 10.5. The first-order valence-electron chi connectivity index (χ1n) is 11.4. The number of ketones is 1. The largest absolute Gasteiger partial charge is 0.463 e. The maximum absolute atomic E-state index is 12.4. The van der Waals surface area contributed by atoms with Crippen molar-refractivity contribution in [3.8, 4) is 6.07 Å². The maximum atomic E-state index is 12.4. The van der Waals surface area contributed by atoms with Gasteiger partial charge < -0.3 is 4.74 Å². The van der Waals surface area contributed by atoms with E-state index < -0.39 is 0 Å². The van der Waals surface area contributed by atoms with E-state index in [1.165, 1.54) is 19.8 Å². The fourth-order valence-corrected chi connectivity index (χ4v) is 8.47. The highest BCUT2D eigenvalue weighted by atomic mass is 16.5. The summed E-state index contributed by atoms with van der Waals surface area (Å²) >= 11 is 0. The molecule has 0 saturated heterocycles. The van der Waals surface area contributed by atoms with Gasteiger partial charge in [-0.05, 0) is 99.2 Å². The van der Waals surface area contributed by atoms with E-state index >= 15 is 0 Å². The fraction of sp³-hybridized carbons (Fsp3) is 0.875. The quantitative estimate of drug-likeness (QED) is 0.637. The molecule has 4 rings (SSSR count). The van der Waals surface area contributed by atoms with Crippen LogP contribution in [0.15, 0.2) is 0 Å². The average Bonchev–Trinajstić information content (AvgIpc) is 3.01. The number of Topliss-reactive ketones (excluding diaryl/α,β-unsaturated/α-hetero) is 1. The summed E-state index contributed by atoms with van der Waals surface area (Å²) in [5, 5.41) is 9.59. The van der Waals surface area contributed by atoms with Gasteiger partial charge in [-0.25, -0.2) is 0 Å². The Bertz CT molecular complexity index is 696. The van der Waals surface area contributed by atoms with Crippen molar-refractivity contribution in [2.75, 3.05) is 0 Å². The Hall–Kier alpha value is -1.37. The molecule has 0 bridgehead atoms. The van der Waals surface area contributed by atoms with Crippen LogP contribution in [0.25, 0.3) is 0 Å². The van der Waals surface area contributed by atoms with Crippen LogP contribution in [0, 0.1) is 51.8 Å². The van der Waals surface area contributed by atoms with Crippen LogP contribution in [-0.2, 0) is 14.3 Å².